The molecule has 1 heterocycles. The van der Waals surface area contributed by atoms with Crippen LogP contribution in [0.15, 0.2) is 24.3 Å². The molecule has 0 saturated carbocycles. The SMILES string of the molecule is CCO.CN1CCC(c2cccc(Cl)c2)CC1. The molecular formula is C14H22ClNO. The maximum absolute atomic E-state index is 7.57. The average molecular weight is 256 g/mol. The molecule has 2 nitrogen and oxygen atoms in total. The third kappa shape index (κ3) is 5.07. The predicted octanol–water partition coefficient (Wildman–Crippen LogP) is 3.15. The Kier molecular flexibility index (Phi) is 6.56. The summed E-state index contributed by atoms with van der Waals surface area (Å²) in [5, 5.41) is 8.43. The number of aliphatic hydroxyl groups is 1. The van der Waals surface area contributed by atoms with E-state index in [1.54, 1.807) is 6.92 Å². The van der Waals surface area contributed by atoms with E-state index in [0.29, 0.717) is 5.92 Å². The van der Waals surface area contributed by atoms with Crippen molar-refractivity contribution in [3.8, 4) is 0 Å². The highest BCUT2D eigenvalue weighted by Crippen LogP contribution is 2.28. The van der Waals surface area contributed by atoms with Gasteiger partial charge in [0.2, 0.25) is 0 Å². The van der Waals surface area contributed by atoms with E-state index in [2.05, 4.69) is 30.1 Å². The Morgan fingerprint density at radius 1 is 1.35 bits per heavy atom. The van der Waals surface area contributed by atoms with Gasteiger partial charge in [0.1, 0.15) is 0 Å². The minimum absolute atomic E-state index is 0.250. The molecule has 1 aromatic rings. The summed E-state index contributed by atoms with van der Waals surface area (Å²) in [5.41, 5.74) is 1.41. The normalized spacial score (nSPS) is 17.4. The zero-order valence-electron chi connectivity index (χ0n) is 10.7. The molecule has 1 aliphatic heterocycles. The molecular weight excluding hydrogens is 234 g/mol. The Bertz CT molecular complexity index is 322. The Labute approximate surface area is 109 Å². The fourth-order valence-corrected chi connectivity index (χ4v) is 2.30. The van der Waals surface area contributed by atoms with Gasteiger partial charge < -0.3 is 10.0 Å². The monoisotopic (exact) mass is 255 g/mol. The first-order valence-corrected chi connectivity index (χ1v) is 6.60. The first-order valence-electron chi connectivity index (χ1n) is 6.22. The first kappa shape index (κ1) is 14.5. The number of benzene rings is 1. The van der Waals surface area contributed by atoms with Crippen LogP contribution in [-0.4, -0.2) is 36.8 Å². The van der Waals surface area contributed by atoms with Crippen molar-refractivity contribution in [1.29, 1.82) is 0 Å². The molecule has 1 saturated heterocycles. The van der Waals surface area contributed by atoms with Crippen LogP contribution in [0, 0.1) is 0 Å². The van der Waals surface area contributed by atoms with Gasteiger partial charge in [-0.05, 0) is 63.5 Å². The summed E-state index contributed by atoms with van der Waals surface area (Å²) in [7, 11) is 2.19. The fraction of sp³-hybridized carbons (Fsp3) is 0.571. The second-order valence-electron chi connectivity index (χ2n) is 4.45. The van der Waals surface area contributed by atoms with Crippen molar-refractivity contribution in [3.05, 3.63) is 34.9 Å². The molecule has 2 rings (SSSR count). The summed E-state index contributed by atoms with van der Waals surface area (Å²) in [6.07, 6.45) is 2.52. The lowest BCUT2D eigenvalue weighted by molar-refractivity contribution is 0.255. The van der Waals surface area contributed by atoms with E-state index < -0.39 is 0 Å². The summed E-state index contributed by atoms with van der Waals surface area (Å²) in [5.74, 6) is 0.713. The molecule has 0 bridgehead atoms. The van der Waals surface area contributed by atoms with Gasteiger partial charge in [-0.2, -0.15) is 0 Å². The summed E-state index contributed by atoms with van der Waals surface area (Å²) in [4.78, 5) is 2.39. The summed E-state index contributed by atoms with van der Waals surface area (Å²) < 4.78 is 0. The molecule has 96 valence electrons. The zero-order valence-corrected chi connectivity index (χ0v) is 11.5. The van der Waals surface area contributed by atoms with Crippen molar-refractivity contribution in [2.24, 2.45) is 0 Å². The number of hydrogen-bond acceptors (Lipinski definition) is 2. The van der Waals surface area contributed by atoms with E-state index in [1.807, 2.05) is 6.07 Å². The number of nitrogens with zero attached hydrogens (tertiary/aromatic N) is 1. The largest absolute Gasteiger partial charge is 0.397 e. The Morgan fingerprint density at radius 3 is 2.47 bits per heavy atom. The minimum atomic E-state index is 0.250. The van der Waals surface area contributed by atoms with Crippen LogP contribution in [0.2, 0.25) is 5.02 Å². The van der Waals surface area contributed by atoms with E-state index in [1.165, 1.54) is 31.5 Å². The molecule has 0 aromatic heterocycles. The second-order valence-corrected chi connectivity index (χ2v) is 4.89. The minimum Gasteiger partial charge on any atom is -0.397 e. The van der Waals surface area contributed by atoms with E-state index in [-0.39, 0.29) is 6.61 Å². The Balaban J connectivity index is 0.000000437. The number of piperidine rings is 1. The van der Waals surface area contributed by atoms with Crippen LogP contribution in [0.1, 0.15) is 31.2 Å². The third-order valence-corrected chi connectivity index (χ3v) is 3.27. The van der Waals surface area contributed by atoms with Crippen molar-refractivity contribution in [2.45, 2.75) is 25.7 Å². The highest BCUT2D eigenvalue weighted by molar-refractivity contribution is 6.30. The smallest absolute Gasteiger partial charge is 0.0408 e. The molecule has 1 aromatic carbocycles. The quantitative estimate of drug-likeness (QED) is 0.833. The Hall–Kier alpha value is -0.570. The van der Waals surface area contributed by atoms with Crippen LogP contribution < -0.4 is 0 Å². The first-order chi connectivity index (χ1) is 8.17. The standard InChI is InChI=1S/C12H16ClN.C2H6O/c1-14-7-5-10(6-8-14)11-3-2-4-12(13)9-11;1-2-3/h2-4,9-10H,5-8H2,1H3;3H,2H2,1H3. The van der Waals surface area contributed by atoms with Crippen molar-refractivity contribution in [2.75, 3.05) is 26.7 Å². The lowest BCUT2D eigenvalue weighted by atomic mass is 9.90. The van der Waals surface area contributed by atoms with E-state index >= 15 is 0 Å². The summed E-state index contributed by atoms with van der Waals surface area (Å²) >= 11 is 5.98. The topological polar surface area (TPSA) is 23.5 Å². The van der Waals surface area contributed by atoms with E-state index in [9.17, 15) is 0 Å². The number of halogens is 1. The molecule has 0 spiro atoms. The van der Waals surface area contributed by atoms with E-state index in [4.69, 9.17) is 16.7 Å². The van der Waals surface area contributed by atoms with Gasteiger partial charge in [0.15, 0.2) is 0 Å². The predicted molar refractivity (Wildman–Crippen MR) is 73.7 cm³/mol. The highest BCUT2D eigenvalue weighted by atomic mass is 35.5. The number of rotatable bonds is 1. The number of likely N-dealkylation sites (tertiary alicyclic amines) is 1. The molecule has 1 aliphatic rings. The summed E-state index contributed by atoms with van der Waals surface area (Å²) in [6, 6.07) is 8.30. The second kappa shape index (κ2) is 7.70. The average Bonchev–Trinajstić information content (AvgIpc) is 2.31. The summed E-state index contributed by atoms with van der Waals surface area (Å²) in [6.45, 7) is 4.34. The molecule has 0 atom stereocenters. The van der Waals surface area contributed by atoms with Gasteiger partial charge in [-0.3, -0.25) is 0 Å². The van der Waals surface area contributed by atoms with Crippen LogP contribution in [0.4, 0.5) is 0 Å². The zero-order chi connectivity index (χ0) is 12.7. The molecule has 3 heteroatoms. The number of hydrogen-bond donors (Lipinski definition) is 1. The highest BCUT2D eigenvalue weighted by Gasteiger charge is 2.17. The van der Waals surface area contributed by atoms with Crippen molar-refractivity contribution >= 4 is 11.6 Å². The lowest BCUT2D eigenvalue weighted by Gasteiger charge is -2.29. The van der Waals surface area contributed by atoms with Gasteiger partial charge in [0, 0.05) is 11.6 Å². The third-order valence-electron chi connectivity index (χ3n) is 3.04. The van der Waals surface area contributed by atoms with Gasteiger partial charge in [0.05, 0.1) is 0 Å². The lowest BCUT2D eigenvalue weighted by Crippen LogP contribution is -2.29. The Morgan fingerprint density at radius 2 is 1.94 bits per heavy atom. The van der Waals surface area contributed by atoms with E-state index in [0.717, 1.165) is 5.02 Å². The van der Waals surface area contributed by atoms with Crippen LogP contribution in [0.3, 0.4) is 0 Å². The fourth-order valence-electron chi connectivity index (χ4n) is 2.10. The molecule has 0 amide bonds. The van der Waals surface area contributed by atoms with Crippen molar-refractivity contribution in [1.82, 2.24) is 4.90 Å². The van der Waals surface area contributed by atoms with Gasteiger partial charge in [-0.15, -0.1) is 0 Å². The molecule has 1 fully saturated rings. The van der Waals surface area contributed by atoms with Crippen LogP contribution in [0.5, 0.6) is 0 Å². The molecule has 0 radical (unpaired) electrons. The van der Waals surface area contributed by atoms with Crippen LogP contribution in [-0.2, 0) is 0 Å². The maximum Gasteiger partial charge on any atom is 0.0408 e. The van der Waals surface area contributed by atoms with Gasteiger partial charge in [-0.1, -0.05) is 23.7 Å². The maximum atomic E-state index is 7.57. The molecule has 17 heavy (non-hydrogen) atoms. The molecule has 1 N–H and O–H groups in total. The van der Waals surface area contributed by atoms with Gasteiger partial charge in [0.25, 0.3) is 0 Å². The van der Waals surface area contributed by atoms with Crippen LogP contribution in [0.25, 0.3) is 0 Å². The van der Waals surface area contributed by atoms with Crippen LogP contribution >= 0.6 is 11.6 Å². The van der Waals surface area contributed by atoms with Gasteiger partial charge in [-0.25, -0.2) is 0 Å². The van der Waals surface area contributed by atoms with Crippen molar-refractivity contribution in [3.63, 3.8) is 0 Å². The number of aliphatic hydroxyl groups excluding tert-OH is 1. The van der Waals surface area contributed by atoms with Gasteiger partial charge >= 0.3 is 0 Å². The molecule has 0 aliphatic carbocycles. The molecule has 0 unspecified atom stereocenters. The van der Waals surface area contributed by atoms with Crippen molar-refractivity contribution < 1.29 is 5.11 Å².